The van der Waals surface area contributed by atoms with Crippen LogP contribution in [0.3, 0.4) is 0 Å². The van der Waals surface area contributed by atoms with Crippen molar-refractivity contribution in [2.75, 3.05) is 46.5 Å². The highest BCUT2D eigenvalue weighted by Crippen LogP contribution is 2.40. The van der Waals surface area contributed by atoms with E-state index < -0.39 is 17.7 Å². The molecule has 2 aromatic carbocycles. The Morgan fingerprint density at radius 3 is 2.58 bits per heavy atom. The monoisotopic (exact) mass is 450 g/mol. The lowest BCUT2D eigenvalue weighted by Crippen LogP contribution is -2.42. The molecule has 2 aromatic rings. The molecule has 2 heterocycles. The van der Waals surface area contributed by atoms with Gasteiger partial charge in [-0.2, -0.15) is 0 Å². The number of ketones is 1. The number of hydrogen-bond donors (Lipinski definition) is 1. The number of aliphatic hydroxyl groups is 1. The Labute approximate surface area is 194 Å². The number of ether oxygens (including phenoxy) is 2. The third kappa shape index (κ3) is 4.65. The number of carbonyl (C=O) groups excluding carboxylic acids is 2. The molecule has 4 rings (SSSR count). The van der Waals surface area contributed by atoms with Gasteiger partial charge in [-0.25, -0.2) is 0 Å². The first-order valence-electron chi connectivity index (χ1n) is 11.2. The van der Waals surface area contributed by atoms with Crippen LogP contribution in [0, 0.1) is 13.8 Å². The third-order valence-electron chi connectivity index (χ3n) is 6.36. The summed E-state index contributed by atoms with van der Waals surface area (Å²) in [5.41, 5.74) is 3.20. The van der Waals surface area contributed by atoms with E-state index in [0.29, 0.717) is 37.6 Å². The summed E-state index contributed by atoms with van der Waals surface area (Å²) in [6.07, 6.45) is 0. The number of nitrogens with zero attached hydrogens (tertiary/aromatic N) is 2. The molecule has 2 fully saturated rings. The predicted octanol–water partition coefficient (Wildman–Crippen LogP) is 3.07. The van der Waals surface area contributed by atoms with Crippen molar-refractivity contribution in [3.63, 3.8) is 0 Å². The summed E-state index contributed by atoms with van der Waals surface area (Å²) >= 11 is 0. The molecule has 0 spiro atoms. The summed E-state index contributed by atoms with van der Waals surface area (Å²) in [6, 6.07) is 12.3. The molecule has 7 heteroatoms. The van der Waals surface area contributed by atoms with E-state index >= 15 is 0 Å². The van der Waals surface area contributed by atoms with E-state index in [4.69, 9.17) is 9.47 Å². The number of benzene rings is 2. The first-order chi connectivity index (χ1) is 15.9. The molecule has 0 bridgehead atoms. The van der Waals surface area contributed by atoms with Crippen LogP contribution in [-0.2, 0) is 14.3 Å². The molecule has 174 valence electrons. The molecule has 1 amide bonds. The molecule has 0 radical (unpaired) electrons. The molecule has 2 aliphatic heterocycles. The van der Waals surface area contributed by atoms with Crippen molar-refractivity contribution in [3.8, 4) is 5.75 Å². The number of hydrogen-bond acceptors (Lipinski definition) is 6. The van der Waals surface area contributed by atoms with E-state index in [1.165, 1.54) is 0 Å². The van der Waals surface area contributed by atoms with Gasteiger partial charge in [0.05, 0.1) is 31.9 Å². The Morgan fingerprint density at radius 1 is 1.09 bits per heavy atom. The van der Waals surface area contributed by atoms with Crippen LogP contribution in [0.4, 0.5) is 0 Å². The van der Waals surface area contributed by atoms with E-state index in [9.17, 15) is 14.7 Å². The molecule has 0 aromatic heterocycles. The lowest BCUT2D eigenvalue weighted by atomic mass is 9.93. The normalized spacial score (nSPS) is 20.9. The molecule has 2 aliphatic rings. The van der Waals surface area contributed by atoms with Crippen LogP contribution in [-0.4, -0.2) is 73.1 Å². The van der Waals surface area contributed by atoms with Gasteiger partial charge in [-0.15, -0.1) is 0 Å². The summed E-state index contributed by atoms with van der Waals surface area (Å²) in [4.78, 5) is 30.2. The van der Waals surface area contributed by atoms with Gasteiger partial charge >= 0.3 is 0 Å². The fourth-order valence-electron chi connectivity index (χ4n) is 4.48. The summed E-state index contributed by atoms with van der Waals surface area (Å²) in [6.45, 7) is 7.69. The van der Waals surface area contributed by atoms with Crippen LogP contribution in [0.2, 0.25) is 0 Å². The average molecular weight is 451 g/mol. The summed E-state index contributed by atoms with van der Waals surface area (Å²) in [5, 5.41) is 11.3. The predicted molar refractivity (Wildman–Crippen MR) is 125 cm³/mol. The highest BCUT2D eigenvalue weighted by atomic mass is 16.5. The Morgan fingerprint density at radius 2 is 1.85 bits per heavy atom. The van der Waals surface area contributed by atoms with Gasteiger partial charge in [0.15, 0.2) is 0 Å². The number of methoxy groups -OCH3 is 1. The van der Waals surface area contributed by atoms with Crippen molar-refractivity contribution < 1.29 is 24.2 Å². The zero-order valence-corrected chi connectivity index (χ0v) is 19.3. The van der Waals surface area contributed by atoms with E-state index in [1.54, 1.807) is 12.0 Å². The highest BCUT2D eigenvalue weighted by Gasteiger charge is 2.46. The Balaban J connectivity index is 1.79. The number of rotatable bonds is 6. The maximum Gasteiger partial charge on any atom is 0.295 e. The molecule has 33 heavy (non-hydrogen) atoms. The number of carbonyl (C=O) groups is 2. The van der Waals surface area contributed by atoms with Crippen LogP contribution in [0.1, 0.15) is 28.3 Å². The van der Waals surface area contributed by atoms with E-state index in [0.717, 1.165) is 29.8 Å². The number of amides is 1. The summed E-state index contributed by atoms with van der Waals surface area (Å²) < 4.78 is 10.8. The number of aryl methyl sites for hydroxylation is 2. The van der Waals surface area contributed by atoms with Crippen molar-refractivity contribution in [2.45, 2.75) is 19.9 Å². The lowest BCUT2D eigenvalue weighted by Gasteiger charge is -2.31. The van der Waals surface area contributed by atoms with Crippen LogP contribution < -0.4 is 4.74 Å². The minimum absolute atomic E-state index is 0.115. The molecule has 1 N–H and O–H groups in total. The Kier molecular flexibility index (Phi) is 6.81. The van der Waals surface area contributed by atoms with Crippen molar-refractivity contribution in [3.05, 3.63) is 70.3 Å². The van der Waals surface area contributed by atoms with E-state index in [2.05, 4.69) is 4.90 Å². The molecule has 1 unspecified atom stereocenters. The maximum atomic E-state index is 13.2. The quantitative estimate of drug-likeness (QED) is 0.414. The number of Topliss-reactive ketones (excluding diaryl/α,β-unsaturated/α-hetero) is 1. The number of likely N-dealkylation sites (tertiary alicyclic amines) is 1. The maximum absolute atomic E-state index is 13.2. The van der Waals surface area contributed by atoms with Gasteiger partial charge in [-0.1, -0.05) is 29.8 Å². The highest BCUT2D eigenvalue weighted by molar-refractivity contribution is 6.46. The van der Waals surface area contributed by atoms with Gasteiger partial charge in [0.2, 0.25) is 0 Å². The topological polar surface area (TPSA) is 79.3 Å². The number of morpholine rings is 1. The second-order valence-electron chi connectivity index (χ2n) is 8.54. The Bertz CT molecular complexity index is 1090. The van der Waals surface area contributed by atoms with Gasteiger partial charge < -0.3 is 19.5 Å². The molecular formula is C26H30N2O5. The smallest absolute Gasteiger partial charge is 0.295 e. The minimum atomic E-state index is -0.693. The third-order valence-corrected chi connectivity index (χ3v) is 6.36. The van der Waals surface area contributed by atoms with E-state index in [1.807, 2.05) is 56.3 Å². The fraction of sp³-hybridized carbons (Fsp3) is 0.385. The molecule has 0 aliphatic carbocycles. The SMILES string of the molecule is COc1cccc(C2C(=C(O)c3cc(C)ccc3C)C(=O)C(=O)N2CCN2CCOCC2)c1. The van der Waals surface area contributed by atoms with Gasteiger partial charge in [0, 0.05) is 31.7 Å². The molecule has 2 saturated heterocycles. The zero-order valence-electron chi connectivity index (χ0n) is 19.3. The van der Waals surface area contributed by atoms with Crippen LogP contribution in [0.5, 0.6) is 5.75 Å². The zero-order chi connectivity index (χ0) is 23.5. The largest absolute Gasteiger partial charge is 0.507 e. The van der Waals surface area contributed by atoms with Gasteiger partial charge in [0.25, 0.3) is 11.7 Å². The molecule has 0 saturated carbocycles. The van der Waals surface area contributed by atoms with Gasteiger partial charge in [-0.3, -0.25) is 14.5 Å². The summed E-state index contributed by atoms with van der Waals surface area (Å²) in [5.74, 6) is -0.777. The lowest BCUT2D eigenvalue weighted by molar-refractivity contribution is -0.140. The van der Waals surface area contributed by atoms with Gasteiger partial charge in [0.1, 0.15) is 11.5 Å². The molecule has 1 atom stereocenters. The molecular weight excluding hydrogens is 420 g/mol. The fourth-order valence-corrected chi connectivity index (χ4v) is 4.48. The second kappa shape index (κ2) is 9.77. The van der Waals surface area contributed by atoms with Crippen LogP contribution >= 0.6 is 0 Å². The van der Waals surface area contributed by atoms with Crippen LogP contribution in [0.25, 0.3) is 5.76 Å². The standard InChI is InChI=1S/C26H30N2O5/c1-17-7-8-18(2)21(15-17)24(29)22-23(19-5-4-6-20(16-19)32-3)28(26(31)25(22)30)10-9-27-11-13-33-14-12-27/h4-8,15-16,23,29H,9-14H2,1-3H3. The average Bonchev–Trinajstić information content (AvgIpc) is 3.09. The van der Waals surface area contributed by atoms with E-state index in [-0.39, 0.29) is 11.3 Å². The second-order valence-corrected chi connectivity index (χ2v) is 8.54. The van der Waals surface area contributed by atoms with Crippen molar-refractivity contribution in [1.29, 1.82) is 0 Å². The van der Waals surface area contributed by atoms with Crippen molar-refractivity contribution in [1.82, 2.24) is 9.80 Å². The summed E-state index contributed by atoms with van der Waals surface area (Å²) in [7, 11) is 1.57. The van der Waals surface area contributed by atoms with Crippen molar-refractivity contribution >= 4 is 17.4 Å². The van der Waals surface area contributed by atoms with Crippen LogP contribution in [0.15, 0.2) is 48.0 Å². The Hall–Kier alpha value is -3.16. The minimum Gasteiger partial charge on any atom is -0.507 e. The first-order valence-corrected chi connectivity index (χ1v) is 11.2. The van der Waals surface area contributed by atoms with Gasteiger partial charge in [-0.05, 0) is 43.2 Å². The number of aliphatic hydroxyl groups excluding tert-OH is 1. The van der Waals surface area contributed by atoms with Crippen molar-refractivity contribution in [2.24, 2.45) is 0 Å². The first kappa shape index (κ1) is 23.0. The molecule has 7 nitrogen and oxygen atoms in total.